The third-order valence-electron chi connectivity index (χ3n) is 2.77. The maximum atomic E-state index is 4.25. The number of nitrogens with one attached hydrogen (secondary N) is 2. The van der Waals surface area contributed by atoms with E-state index in [1.807, 2.05) is 7.05 Å². The average molecular weight is 209 g/mol. The zero-order chi connectivity index (χ0) is 10.5. The molecule has 1 aromatic heterocycles. The maximum Gasteiger partial charge on any atom is 0.151 e. The van der Waals surface area contributed by atoms with Crippen LogP contribution in [-0.2, 0) is 13.5 Å². The lowest BCUT2D eigenvalue weighted by Crippen LogP contribution is -2.40. The van der Waals surface area contributed by atoms with Gasteiger partial charge in [0.2, 0.25) is 0 Å². The first-order chi connectivity index (χ1) is 7.34. The van der Waals surface area contributed by atoms with E-state index in [0.717, 1.165) is 31.9 Å². The highest BCUT2D eigenvalue weighted by molar-refractivity contribution is 4.83. The van der Waals surface area contributed by atoms with Crippen LogP contribution in [0.1, 0.15) is 18.7 Å². The highest BCUT2D eigenvalue weighted by atomic mass is 15.3. The molecule has 84 valence electrons. The molecule has 1 fully saturated rings. The lowest BCUT2D eigenvalue weighted by Gasteiger charge is -2.23. The van der Waals surface area contributed by atoms with Crippen molar-refractivity contribution in [2.24, 2.45) is 7.05 Å². The van der Waals surface area contributed by atoms with Gasteiger partial charge in [0.1, 0.15) is 6.33 Å². The standard InChI is InChI=1S/C10H19N5/c1-15-8-13-10(14-15)4-7-12-9-2-5-11-6-3-9/h8-9,11-12H,2-7H2,1H3. The van der Waals surface area contributed by atoms with Crippen molar-refractivity contribution in [1.29, 1.82) is 0 Å². The van der Waals surface area contributed by atoms with Gasteiger partial charge in [0, 0.05) is 26.1 Å². The molecule has 1 aliphatic heterocycles. The zero-order valence-corrected chi connectivity index (χ0v) is 9.24. The van der Waals surface area contributed by atoms with Crippen LogP contribution in [0.15, 0.2) is 6.33 Å². The third-order valence-corrected chi connectivity index (χ3v) is 2.77. The van der Waals surface area contributed by atoms with Crippen LogP contribution >= 0.6 is 0 Å². The van der Waals surface area contributed by atoms with Gasteiger partial charge in [0.05, 0.1) is 0 Å². The van der Waals surface area contributed by atoms with Gasteiger partial charge in [0.15, 0.2) is 5.82 Å². The number of rotatable bonds is 4. The molecule has 0 spiro atoms. The van der Waals surface area contributed by atoms with Gasteiger partial charge in [-0.1, -0.05) is 0 Å². The van der Waals surface area contributed by atoms with Crippen molar-refractivity contribution in [3.63, 3.8) is 0 Å². The molecule has 5 nitrogen and oxygen atoms in total. The first-order valence-corrected chi connectivity index (χ1v) is 5.63. The van der Waals surface area contributed by atoms with Crippen LogP contribution < -0.4 is 10.6 Å². The van der Waals surface area contributed by atoms with Crippen molar-refractivity contribution >= 4 is 0 Å². The predicted octanol–water partition coefficient (Wildman–Crippen LogP) is -0.301. The molecule has 15 heavy (non-hydrogen) atoms. The van der Waals surface area contributed by atoms with Crippen LogP contribution in [-0.4, -0.2) is 40.4 Å². The smallest absolute Gasteiger partial charge is 0.151 e. The molecule has 2 rings (SSSR count). The van der Waals surface area contributed by atoms with E-state index in [-0.39, 0.29) is 0 Å². The molecule has 2 N–H and O–H groups in total. The van der Waals surface area contributed by atoms with E-state index in [1.54, 1.807) is 11.0 Å². The van der Waals surface area contributed by atoms with Crippen molar-refractivity contribution in [2.75, 3.05) is 19.6 Å². The number of nitrogens with zero attached hydrogens (tertiary/aromatic N) is 3. The fourth-order valence-corrected chi connectivity index (χ4v) is 1.91. The first-order valence-electron chi connectivity index (χ1n) is 5.63. The van der Waals surface area contributed by atoms with Gasteiger partial charge in [-0.15, -0.1) is 0 Å². The van der Waals surface area contributed by atoms with Crippen molar-refractivity contribution < 1.29 is 0 Å². The number of aromatic nitrogens is 3. The Bertz CT molecular complexity index is 290. The summed E-state index contributed by atoms with van der Waals surface area (Å²) in [6.07, 6.45) is 5.13. The van der Waals surface area contributed by atoms with Gasteiger partial charge in [-0.3, -0.25) is 4.68 Å². The van der Waals surface area contributed by atoms with Crippen LogP contribution in [0.2, 0.25) is 0 Å². The normalized spacial score (nSPS) is 18.2. The molecule has 2 heterocycles. The molecule has 0 bridgehead atoms. The van der Waals surface area contributed by atoms with E-state index in [4.69, 9.17) is 0 Å². The minimum absolute atomic E-state index is 0.676. The van der Waals surface area contributed by atoms with Crippen molar-refractivity contribution in [3.8, 4) is 0 Å². The Balaban J connectivity index is 1.65. The molecule has 0 atom stereocenters. The van der Waals surface area contributed by atoms with Gasteiger partial charge >= 0.3 is 0 Å². The second kappa shape index (κ2) is 5.23. The second-order valence-electron chi connectivity index (χ2n) is 4.06. The van der Waals surface area contributed by atoms with Crippen molar-refractivity contribution in [3.05, 3.63) is 12.2 Å². The molecular formula is C10H19N5. The molecule has 1 aliphatic rings. The Morgan fingerprint density at radius 1 is 1.53 bits per heavy atom. The molecule has 0 aliphatic carbocycles. The minimum atomic E-state index is 0.676. The molecule has 0 amide bonds. The molecule has 0 radical (unpaired) electrons. The van der Waals surface area contributed by atoms with Crippen molar-refractivity contribution in [2.45, 2.75) is 25.3 Å². The lowest BCUT2D eigenvalue weighted by atomic mass is 10.1. The van der Waals surface area contributed by atoms with Gasteiger partial charge in [-0.2, -0.15) is 5.10 Å². The monoisotopic (exact) mass is 209 g/mol. The van der Waals surface area contributed by atoms with Crippen LogP contribution in [0.25, 0.3) is 0 Å². The largest absolute Gasteiger partial charge is 0.317 e. The van der Waals surface area contributed by atoms with Crippen LogP contribution in [0.5, 0.6) is 0 Å². The number of aryl methyl sites for hydroxylation is 1. The summed E-state index contributed by atoms with van der Waals surface area (Å²) in [6.45, 7) is 3.26. The Hall–Kier alpha value is -0.940. The topological polar surface area (TPSA) is 54.8 Å². The van der Waals surface area contributed by atoms with Gasteiger partial charge in [0.25, 0.3) is 0 Å². The highest BCUT2D eigenvalue weighted by Crippen LogP contribution is 2.01. The van der Waals surface area contributed by atoms with Crippen LogP contribution in [0.3, 0.4) is 0 Å². The molecule has 5 heteroatoms. The minimum Gasteiger partial charge on any atom is -0.317 e. The summed E-state index contributed by atoms with van der Waals surface area (Å²) in [5.74, 6) is 0.930. The SMILES string of the molecule is Cn1cnc(CCNC2CCNCC2)n1. The summed E-state index contributed by atoms with van der Waals surface area (Å²) in [6, 6.07) is 0.676. The molecule has 0 aromatic carbocycles. The summed E-state index contributed by atoms with van der Waals surface area (Å²) in [5.41, 5.74) is 0. The molecular weight excluding hydrogens is 190 g/mol. The van der Waals surface area contributed by atoms with E-state index in [1.165, 1.54) is 12.8 Å². The highest BCUT2D eigenvalue weighted by Gasteiger charge is 2.11. The zero-order valence-electron chi connectivity index (χ0n) is 9.24. The van der Waals surface area contributed by atoms with E-state index in [9.17, 15) is 0 Å². The molecule has 0 unspecified atom stereocenters. The summed E-state index contributed by atoms with van der Waals surface area (Å²) < 4.78 is 1.75. The molecule has 0 saturated carbocycles. The predicted molar refractivity (Wildman–Crippen MR) is 58.6 cm³/mol. The summed E-state index contributed by atoms with van der Waals surface area (Å²) >= 11 is 0. The van der Waals surface area contributed by atoms with Gasteiger partial charge in [-0.05, 0) is 25.9 Å². The first kappa shape index (κ1) is 10.6. The third kappa shape index (κ3) is 3.28. The maximum absolute atomic E-state index is 4.25. The molecule has 1 aromatic rings. The van der Waals surface area contributed by atoms with E-state index >= 15 is 0 Å². The summed E-state index contributed by atoms with van der Waals surface area (Å²) in [5, 5.41) is 11.2. The molecule has 1 saturated heterocycles. The fourth-order valence-electron chi connectivity index (χ4n) is 1.91. The second-order valence-corrected chi connectivity index (χ2v) is 4.06. The fraction of sp³-hybridized carbons (Fsp3) is 0.800. The Morgan fingerprint density at radius 3 is 3.00 bits per heavy atom. The van der Waals surface area contributed by atoms with Crippen LogP contribution in [0, 0.1) is 0 Å². The van der Waals surface area contributed by atoms with E-state index in [2.05, 4.69) is 20.7 Å². The average Bonchev–Trinajstić information content (AvgIpc) is 2.66. The van der Waals surface area contributed by atoms with Gasteiger partial charge in [-0.25, -0.2) is 4.98 Å². The Morgan fingerprint density at radius 2 is 2.33 bits per heavy atom. The number of hydrogen-bond donors (Lipinski definition) is 2. The van der Waals surface area contributed by atoms with Crippen molar-refractivity contribution in [1.82, 2.24) is 25.4 Å². The number of hydrogen-bond acceptors (Lipinski definition) is 4. The quantitative estimate of drug-likeness (QED) is 0.715. The Labute approximate surface area is 90.3 Å². The van der Waals surface area contributed by atoms with Crippen LogP contribution in [0.4, 0.5) is 0 Å². The summed E-state index contributed by atoms with van der Waals surface area (Å²) in [4.78, 5) is 4.20. The van der Waals surface area contributed by atoms with E-state index in [0.29, 0.717) is 6.04 Å². The van der Waals surface area contributed by atoms with Gasteiger partial charge < -0.3 is 10.6 Å². The van der Waals surface area contributed by atoms with E-state index < -0.39 is 0 Å². The summed E-state index contributed by atoms with van der Waals surface area (Å²) in [7, 11) is 1.90. The Kier molecular flexibility index (Phi) is 3.69. The number of piperidine rings is 1. The lowest BCUT2D eigenvalue weighted by molar-refractivity contribution is 0.388.